The first-order chi connectivity index (χ1) is 13.1. The van der Waals surface area contributed by atoms with Crippen molar-refractivity contribution < 1.29 is 18.7 Å². The fourth-order valence-corrected chi connectivity index (χ4v) is 2.74. The Morgan fingerprint density at radius 3 is 2.67 bits per heavy atom. The third-order valence-corrected chi connectivity index (χ3v) is 4.10. The van der Waals surface area contributed by atoms with Gasteiger partial charge in [-0.05, 0) is 25.1 Å². The Hall–Kier alpha value is -3.23. The van der Waals surface area contributed by atoms with Gasteiger partial charge >= 0.3 is 6.09 Å². The number of carbonyl (C=O) groups excluding carboxylic acids is 2. The Morgan fingerprint density at radius 1 is 1.19 bits per heavy atom. The first-order valence-electron chi connectivity index (χ1n) is 8.62. The van der Waals surface area contributed by atoms with Crippen LogP contribution in [0.2, 0.25) is 0 Å². The van der Waals surface area contributed by atoms with Crippen molar-refractivity contribution in [2.45, 2.75) is 6.92 Å². The van der Waals surface area contributed by atoms with Gasteiger partial charge in [0, 0.05) is 37.9 Å². The van der Waals surface area contributed by atoms with E-state index in [4.69, 9.17) is 4.74 Å². The second-order valence-corrected chi connectivity index (χ2v) is 5.90. The largest absolute Gasteiger partial charge is 0.450 e. The van der Waals surface area contributed by atoms with E-state index in [0.29, 0.717) is 44.3 Å². The molecule has 1 aliphatic heterocycles. The lowest BCUT2D eigenvalue weighted by molar-refractivity contribution is 0.102. The van der Waals surface area contributed by atoms with Gasteiger partial charge in [0.1, 0.15) is 23.7 Å². The quantitative estimate of drug-likeness (QED) is 0.884. The van der Waals surface area contributed by atoms with Crippen LogP contribution >= 0.6 is 0 Å². The van der Waals surface area contributed by atoms with Crippen LogP contribution in [0.15, 0.2) is 36.7 Å². The maximum absolute atomic E-state index is 13.2. The van der Waals surface area contributed by atoms with E-state index in [2.05, 4.69) is 15.3 Å². The molecular weight excluding hydrogens is 353 g/mol. The van der Waals surface area contributed by atoms with Crippen molar-refractivity contribution in [2.24, 2.45) is 0 Å². The summed E-state index contributed by atoms with van der Waals surface area (Å²) in [4.78, 5) is 35.9. The highest BCUT2D eigenvalue weighted by Crippen LogP contribution is 2.16. The van der Waals surface area contributed by atoms with Crippen LogP contribution in [0.4, 0.5) is 20.7 Å². The standard InChI is InChI=1S/C18H20FN5O3/c1-2-27-18(26)24-8-6-23(7-9-24)16-11-15(20-12-21-16)17(25)22-14-5-3-4-13(19)10-14/h3-5,10-12H,2,6-9H2,1H3,(H,22,25). The highest BCUT2D eigenvalue weighted by Gasteiger charge is 2.23. The van der Waals surface area contributed by atoms with Crippen LogP contribution in [0.3, 0.4) is 0 Å². The average Bonchev–Trinajstić information content (AvgIpc) is 2.68. The molecule has 142 valence electrons. The molecule has 3 rings (SSSR count). The summed E-state index contributed by atoms with van der Waals surface area (Å²) in [7, 11) is 0. The zero-order valence-electron chi connectivity index (χ0n) is 14.9. The molecule has 1 aromatic heterocycles. The molecule has 1 saturated heterocycles. The van der Waals surface area contributed by atoms with Crippen molar-refractivity contribution in [2.75, 3.05) is 43.0 Å². The fraction of sp³-hybridized carbons (Fsp3) is 0.333. The van der Waals surface area contributed by atoms with Gasteiger partial charge in [0.25, 0.3) is 5.91 Å². The second-order valence-electron chi connectivity index (χ2n) is 5.90. The number of ether oxygens (including phenoxy) is 1. The molecule has 1 aliphatic rings. The molecule has 2 aromatic rings. The summed E-state index contributed by atoms with van der Waals surface area (Å²) >= 11 is 0. The smallest absolute Gasteiger partial charge is 0.409 e. The number of hydrogen-bond donors (Lipinski definition) is 1. The van der Waals surface area contributed by atoms with E-state index >= 15 is 0 Å². The third kappa shape index (κ3) is 4.69. The Balaban J connectivity index is 1.64. The van der Waals surface area contributed by atoms with Gasteiger partial charge in [0.05, 0.1) is 6.61 Å². The van der Waals surface area contributed by atoms with E-state index in [0.717, 1.165) is 0 Å². The lowest BCUT2D eigenvalue weighted by atomic mass is 10.2. The zero-order valence-corrected chi connectivity index (χ0v) is 14.9. The maximum Gasteiger partial charge on any atom is 0.409 e. The molecule has 1 fully saturated rings. The van der Waals surface area contributed by atoms with Gasteiger partial charge in [-0.1, -0.05) is 6.07 Å². The van der Waals surface area contributed by atoms with Crippen LogP contribution in [-0.2, 0) is 4.74 Å². The van der Waals surface area contributed by atoms with Gasteiger partial charge < -0.3 is 19.9 Å². The van der Waals surface area contributed by atoms with E-state index in [9.17, 15) is 14.0 Å². The van der Waals surface area contributed by atoms with Gasteiger partial charge in [0.15, 0.2) is 0 Å². The number of rotatable bonds is 4. The third-order valence-electron chi connectivity index (χ3n) is 4.10. The molecule has 9 heteroatoms. The van der Waals surface area contributed by atoms with E-state index in [1.165, 1.54) is 24.5 Å². The lowest BCUT2D eigenvalue weighted by Gasteiger charge is -2.34. The van der Waals surface area contributed by atoms with Crippen LogP contribution in [0.1, 0.15) is 17.4 Å². The van der Waals surface area contributed by atoms with Crippen LogP contribution in [-0.4, -0.2) is 59.7 Å². The normalized spacial score (nSPS) is 14.0. The predicted molar refractivity (Wildman–Crippen MR) is 97.2 cm³/mol. The molecule has 0 saturated carbocycles. The molecule has 0 spiro atoms. The summed E-state index contributed by atoms with van der Waals surface area (Å²) in [6, 6.07) is 7.22. The Labute approximate surface area is 156 Å². The van der Waals surface area contributed by atoms with Crippen LogP contribution in [0.25, 0.3) is 0 Å². The molecule has 0 aliphatic carbocycles. The molecular formula is C18H20FN5O3. The average molecular weight is 373 g/mol. The number of benzene rings is 1. The SMILES string of the molecule is CCOC(=O)N1CCN(c2cc(C(=O)Nc3cccc(F)c3)ncn2)CC1. The topological polar surface area (TPSA) is 87.7 Å². The van der Waals surface area contributed by atoms with E-state index in [1.807, 2.05) is 4.90 Å². The monoisotopic (exact) mass is 373 g/mol. The number of halogens is 1. The fourth-order valence-electron chi connectivity index (χ4n) is 2.74. The molecule has 8 nitrogen and oxygen atoms in total. The summed E-state index contributed by atoms with van der Waals surface area (Å²) in [5.74, 6) is -0.289. The first kappa shape index (κ1) is 18.6. The maximum atomic E-state index is 13.2. The predicted octanol–water partition coefficient (Wildman–Crippen LogP) is 2.15. The number of hydrogen-bond acceptors (Lipinski definition) is 6. The summed E-state index contributed by atoms with van der Waals surface area (Å²) < 4.78 is 18.2. The van der Waals surface area contributed by atoms with Crippen LogP contribution in [0, 0.1) is 5.82 Å². The van der Waals surface area contributed by atoms with E-state index in [-0.39, 0.29) is 11.8 Å². The summed E-state index contributed by atoms with van der Waals surface area (Å²) in [6.45, 7) is 4.27. The van der Waals surface area contributed by atoms with Gasteiger partial charge in [-0.3, -0.25) is 4.79 Å². The molecule has 2 heterocycles. The van der Waals surface area contributed by atoms with Crippen molar-refractivity contribution >= 4 is 23.5 Å². The van der Waals surface area contributed by atoms with Crippen molar-refractivity contribution in [3.8, 4) is 0 Å². The minimum absolute atomic E-state index is 0.178. The Kier molecular flexibility index (Phi) is 5.80. The number of aromatic nitrogens is 2. The van der Waals surface area contributed by atoms with Crippen LogP contribution in [0.5, 0.6) is 0 Å². The van der Waals surface area contributed by atoms with Crippen LogP contribution < -0.4 is 10.2 Å². The molecule has 0 radical (unpaired) electrons. The van der Waals surface area contributed by atoms with Crippen molar-refractivity contribution in [3.05, 3.63) is 48.2 Å². The summed E-state index contributed by atoms with van der Waals surface area (Å²) in [6.07, 6.45) is 0.989. The highest BCUT2D eigenvalue weighted by atomic mass is 19.1. The summed E-state index contributed by atoms with van der Waals surface area (Å²) in [5, 5.41) is 2.61. The minimum Gasteiger partial charge on any atom is -0.450 e. The van der Waals surface area contributed by atoms with Crippen molar-refractivity contribution in [1.29, 1.82) is 0 Å². The number of piperazine rings is 1. The van der Waals surface area contributed by atoms with Gasteiger partial charge in [-0.2, -0.15) is 0 Å². The summed E-state index contributed by atoms with van der Waals surface area (Å²) in [5.41, 5.74) is 0.528. The zero-order chi connectivity index (χ0) is 19.2. The van der Waals surface area contributed by atoms with E-state index in [1.54, 1.807) is 24.0 Å². The lowest BCUT2D eigenvalue weighted by Crippen LogP contribution is -2.49. The Bertz CT molecular complexity index is 824. The minimum atomic E-state index is -0.450. The van der Waals surface area contributed by atoms with Gasteiger partial charge in [0.2, 0.25) is 0 Å². The molecule has 0 atom stereocenters. The number of carbonyl (C=O) groups is 2. The molecule has 0 bridgehead atoms. The number of amides is 2. The number of anilines is 2. The molecule has 1 aromatic carbocycles. The highest BCUT2D eigenvalue weighted by molar-refractivity contribution is 6.03. The molecule has 0 unspecified atom stereocenters. The molecule has 2 amide bonds. The van der Waals surface area contributed by atoms with E-state index < -0.39 is 11.7 Å². The first-order valence-corrected chi connectivity index (χ1v) is 8.62. The van der Waals surface area contributed by atoms with Crippen molar-refractivity contribution in [1.82, 2.24) is 14.9 Å². The van der Waals surface area contributed by atoms with Crippen molar-refractivity contribution in [3.63, 3.8) is 0 Å². The second kappa shape index (κ2) is 8.43. The Morgan fingerprint density at radius 2 is 1.96 bits per heavy atom. The number of nitrogens with zero attached hydrogens (tertiary/aromatic N) is 4. The molecule has 1 N–H and O–H groups in total. The number of nitrogens with one attached hydrogen (secondary N) is 1. The van der Waals surface area contributed by atoms with Gasteiger partial charge in [-0.15, -0.1) is 0 Å². The molecule has 27 heavy (non-hydrogen) atoms. The van der Waals surface area contributed by atoms with Gasteiger partial charge in [-0.25, -0.2) is 19.2 Å².